The number of para-hydroxylation sites is 2. The number of amides is 2. The average molecular weight is 441 g/mol. The fraction of sp³-hybridized carbons (Fsp3) is 0.167. The summed E-state index contributed by atoms with van der Waals surface area (Å²) < 4.78 is 12.5. The van der Waals surface area contributed by atoms with Gasteiger partial charge in [0.15, 0.2) is 11.5 Å². The van der Waals surface area contributed by atoms with Crippen LogP contribution in [0.15, 0.2) is 67.0 Å². The van der Waals surface area contributed by atoms with Crippen LogP contribution in [0.25, 0.3) is 11.0 Å². The Morgan fingerprint density at radius 2 is 1.97 bits per heavy atom. The van der Waals surface area contributed by atoms with E-state index in [4.69, 9.17) is 9.47 Å². The molecule has 0 spiro atoms. The molecule has 2 aromatic heterocycles. The van der Waals surface area contributed by atoms with Crippen LogP contribution in [-0.4, -0.2) is 33.1 Å². The van der Waals surface area contributed by atoms with E-state index >= 15 is 0 Å². The number of pyridine rings is 1. The van der Waals surface area contributed by atoms with Crippen LogP contribution in [0.2, 0.25) is 0 Å². The van der Waals surface area contributed by atoms with Crippen molar-refractivity contribution in [2.75, 3.05) is 17.0 Å². The van der Waals surface area contributed by atoms with E-state index in [1.165, 1.54) is 0 Å². The minimum absolute atomic E-state index is 0.0236. The van der Waals surface area contributed by atoms with Crippen molar-refractivity contribution in [2.45, 2.75) is 19.0 Å². The maximum absolute atomic E-state index is 13.4. The molecule has 4 aromatic rings. The molecule has 0 bridgehead atoms. The van der Waals surface area contributed by atoms with Gasteiger partial charge < -0.3 is 14.8 Å². The second-order valence-corrected chi connectivity index (χ2v) is 7.89. The van der Waals surface area contributed by atoms with Crippen LogP contribution < -0.4 is 19.7 Å². The summed E-state index contributed by atoms with van der Waals surface area (Å²) in [5, 5.41) is 2.87. The fourth-order valence-electron chi connectivity index (χ4n) is 4.28. The number of aromatic nitrogens is 3. The van der Waals surface area contributed by atoms with Gasteiger partial charge in [0.25, 0.3) is 5.91 Å². The number of nitrogens with one attached hydrogen (secondary N) is 1. The molecule has 0 unspecified atom stereocenters. The van der Waals surface area contributed by atoms with E-state index in [-0.39, 0.29) is 25.0 Å². The maximum atomic E-state index is 13.4. The summed E-state index contributed by atoms with van der Waals surface area (Å²) in [6, 6.07) is 15.9. The molecule has 164 valence electrons. The van der Waals surface area contributed by atoms with Gasteiger partial charge >= 0.3 is 0 Å². The summed E-state index contributed by atoms with van der Waals surface area (Å²) >= 11 is 0. The molecule has 1 atom stereocenters. The Hall–Kier alpha value is -4.40. The van der Waals surface area contributed by atoms with Gasteiger partial charge in [0.2, 0.25) is 18.6 Å². The van der Waals surface area contributed by atoms with Crippen LogP contribution in [-0.2, 0) is 16.1 Å². The van der Waals surface area contributed by atoms with Crippen molar-refractivity contribution in [3.8, 4) is 11.5 Å². The third-order valence-corrected chi connectivity index (χ3v) is 5.78. The van der Waals surface area contributed by atoms with Gasteiger partial charge in [0, 0.05) is 24.1 Å². The van der Waals surface area contributed by atoms with Gasteiger partial charge in [-0.2, -0.15) is 0 Å². The lowest BCUT2D eigenvalue weighted by Crippen LogP contribution is -2.31. The minimum atomic E-state index is -0.696. The third kappa shape index (κ3) is 3.34. The van der Waals surface area contributed by atoms with Gasteiger partial charge in [-0.3, -0.25) is 24.0 Å². The molecule has 33 heavy (non-hydrogen) atoms. The normalized spacial score (nSPS) is 16.3. The highest BCUT2D eigenvalue weighted by atomic mass is 16.7. The molecule has 0 saturated carbocycles. The Morgan fingerprint density at radius 3 is 2.85 bits per heavy atom. The number of fused-ring (bicyclic) bond motifs is 4. The zero-order valence-corrected chi connectivity index (χ0v) is 17.5. The lowest BCUT2D eigenvalue weighted by atomic mass is 10.1. The van der Waals surface area contributed by atoms with E-state index in [0.717, 1.165) is 16.6 Å². The maximum Gasteiger partial charge on any atom is 0.253 e. The molecule has 9 heteroatoms. The van der Waals surface area contributed by atoms with Crippen LogP contribution in [0.5, 0.6) is 11.5 Å². The predicted molar refractivity (Wildman–Crippen MR) is 120 cm³/mol. The zero-order valence-electron chi connectivity index (χ0n) is 17.5. The highest BCUT2D eigenvalue weighted by molar-refractivity contribution is 6.05. The summed E-state index contributed by atoms with van der Waals surface area (Å²) in [6.45, 7) is 0.489. The molecular formula is C24H19N5O4. The Bertz CT molecular complexity index is 1380. The number of carbonyl (C=O) groups is 2. The first-order chi connectivity index (χ1) is 16.2. The number of anilines is 2. The van der Waals surface area contributed by atoms with Gasteiger partial charge in [-0.05, 0) is 35.9 Å². The van der Waals surface area contributed by atoms with Crippen molar-refractivity contribution in [1.82, 2.24) is 14.5 Å². The number of hydrogen-bond donors (Lipinski definition) is 1. The Balaban J connectivity index is 1.30. The van der Waals surface area contributed by atoms with Gasteiger partial charge in [-0.15, -0.1) is 0 Å². The van der Waals surface area contributed by atoms with Crippen LogP contribution in [0.1, 0.15) is 18.0 Å². The van der Waals surface area contributed by atoms with Crippen molar-refractivity contribution in [3.63, 3.8) is 0 Å². The molecule has 2 aliphatic heterocycles. The fourth-order valence-corrected chi connectivity index (χ4v) is 4.28. The van der Waals surface area contributed by atoms with E-state index in [1.807, 2.05) is 41.0 Å². The summed E-state index contributed by atoms with van der Waals surface area (Å²) in [4.78, 5) is 36.8. The minimum Gasteiger partial charge on any atom is -0.454 e. The Kier molecular flexibility index (Phi) is 4.46. The highest BCUT2D eigenvalue weighted by Crippen LogP contribution is 2.38. The topological polar surface area (TPSA) is 98.6 Å². The SMILES string of the molecule is O=C(C[C@H]1C(=O)N(Cc2cccnc2)c2nc3ccccc3n21)Nc1ccc2c(c1)OCO2. The van der Waals surface area contributed by atoms with Crippen LogP contribution >= 0.6 is 0 Å². The lowest BCUT2D eigenvalue weighted by molar-refractivity contribution is -0.124. The van der Waals surface area contributed by atoms with Crippen molar-refractivity contribution in [1.29, 1.82) is 0 Å². The molecule has 4 heterocycles. The van der Waals surface area contributed by atoms with Crippen LogP contribution in [0.4, 0.5) is 11.6 Å². The molecule has 1 N–H and O–H groups in total. The number of carbonyl (C=O) groups excluding carboxylic acids is 2. The first-order valence-corrected chi connectivity index (χ1v) is 10.5. The second kappa shape index (κ2) is 7.63. The monoisotopic (exact) mass is 441 g/mol. The average Bonchev–Trinajstić information content (AvgIpc) is 3.51. The first kappa shape index (κ1) is 19.3. The number of hydrogen-bond acceptors (Lipinski definition) is 6. The van der Waals surface area contributed by atoms with Crippen LogP contribution in [0.3, 0.4) is 0 Å². The van der Waals surface area contributed by atoms with E-state index in [1.54, 1.807) is 35.5 Å². The quantitative estimate of drug-likeness (QED) is 0.510. The van der Waals surface area contributed by atoms with Crippen LogP contribution in [0, 0.1) is 0 Å². The van der Waals surface area contributed by atoms with E-state index in [0.29, 0.717) is 29.7 Å². The summed E-state index contributed by atoms with van der Waals surface area (Å²) in [5.41, 5.74) is 3.06. The molecule has 0 saturated heterocycles. The summed E-state index contributed by atoms with van der Waals surface area (Å²) in [7, 11) is 0. The third-order valence-electron chi connectivity index (χ3n) is 5.78. The van der Waals surface area contributed by atoms with Crippen molar-refractivity contribution >= 4 is 34.5 Å². The highest BCUT2D eigenvalue weighted by Gasteiger charge is 2.41. The van der Waals surface area contributed by atoms with Gasteiger partial charge in [0.05, 0.1) is 24.0 Å². The molecule has 2 aromatic carbocycles. The Morgan fingerprint density at radius 1 is 1.09 bits per heavy atom. The van der Waals surface area contributed by atoms with Gasteiger partial charge in [-0.1, -0.05) is 18.2 Å². The van der Waals surface area contributed by atoms with E-state index in [2.05, 4.69) is 15.3 Å². The molecule has 6 rings (SSSR count). The molecule has 0 aliphatic carbocycles. The number of ether oxygens (including phenoxy) is 2. The van der Waals surface area contributed by atoms with Crippen molar-refractivity contribution in [3.05, 3.63) is 72.6 Å². The molecule has 0 fully saturated rings. The molecule has 0 radical (unpaired) electrons. The number of rotatable bonds is 5. The van der Waals surface area contributed by atoms with Crippen molar-refractivity contribution in [2.24, 2.45) is 0 Å². The van der Waals surface area contributed by atoms with Gasteiger partial charge in [0.1, 0.15) is 6.04 Å². The Labute approximate surface area is 188 Å². The first-order valence-electron chi connectivity index (χ1n) is 10.5. The van der Waals surface area contributed by atoms with E-state index in [9.17, 15) is 9.59 Å². The summed E-state index contributed by atoms with van der Waals surface area (Å²) in [5.74, 6) is 1.30. The van der Waals surface area contributed by atoms with Crippen molar-refractivity contribution < 1.29 is 19.1 Å². The molecule has 2 aliphatic rings. The standard InChI is InChI=1S/C24H19N5O4/c30-22(26-16-7-8-20-21(10-16)33-14-32-20)11-19-23(31)28(13-15-4-3-9-25-12-15)24-27-17-5-1-2-6-18(17)29(19)24/h1-10,12,19H,11,13-14H2,(H,26,30)/t19-/m0/s1. The second-order valence-electron chi connectivity index (χ2n) is 7.89. The predicted octanol–water partition coefficient (Wildman–Crippen LogP) is 3.28. The molecule has 9 nitrogen and oxygen atoms in total. The summed E-state index contributed by atoms with van der Waals surface area (Å²) in [6.07, 6.45) is 3.39. The lowest BCUT2D eigenvalue weighted by Gasteiger charge is -2.16. The number of benzene rings is 2. The largest absolute Gasteiger partial charge is 0.454 e. The smallest absolute Gasteiger partial charge is 0.253 e. The van der Waals surface area contributed by atoms with E-state index < -0.39 is 6.04 Å². The number of nitrogens with zero attached hydrogens (tertiary/aromatic N) is 4. The number of imidazole rings is 1. The molecule has 2 amide bonds. The van der Waals surface area contributed by atoms with Gasteiger partial charge in [-0.25, -0.2) is 4.98 Å². The molecular weight excluding hydrogens is 422 g/mol. The zero-order chi connectivity index (χ0) is 22.4.